The molecule has 20 heavy (non-hydrogen) atoms. The lowest BCUT2D eigenvalue weighted by atomic mass is 10.2. The maximum absolute atomic E-state index is 5.73. The molecule has 2 aromatic heterocycles. The van der Waals surface area contributed by atoms with Crippen LogP contribution in [0.2, 0.25) is 0 Å². The highest BCUT2D eigenvalue weighted by atomic mass is 16.5. The van der Waals surface area contributed by atoms with Crippen LogP contribution in [0.3, 0.4) is 0 Å². The van der Waals surface area contributed by atoms with Crippen LogP contribution in [-0.2, 0) is 17.9 Å². The Morgan fingerprint density at radius 3 is 2.85 bits per heavy atom. The number of anilines is 2. The van der Waals surface area contributed by atoms with E-state index in [0.717, 1.165) is 5.56 Å². The summed E-state index contributed by atoms with van der Waals surface area (Å²) in [6.07, 6.45) is 1.69. The quantitative estimate of drug-likeness (QED) is 0.818. The normalized spacial score (nSPS) is 10.3. The Balaban J connectivity index is 2.06. The molecule has 2 aromatic rings. The first kappa shape index (κ1) is 14.0. The van der Waals surface area contributed by atoms with Crippen LogP contribution in [-0.4, -0.2) is 29.2 Å². The van der Waals surface area contributed by atoms with Crippen molar-refractivity contribution in [3.8, 4) is 5.88 Å². The fraction of sp³-hybridized carbons (Fsp3) is 0.308. The zero-order chi connectivity index (χ0) is 14.4. The Hall–Kier alpha value is -2.41. The van der Waals surface area contributed by atoms with E-state index in [1.807, 2.05) is 12.1 Å². The Kier molecular flexibility index (Phi) is 4.67. The summed E-state index contributed by atoms with van der Waals surface area (Å²) >= 11 is 0. The van der Waals surface area contributed by atoms with Crippen LogP contribution in [0, 0.1) is 0 Å². The van der Waals surface area contributed by atoms with Gasteiger partial charge in [-0.3, -0.25) is 0 Å². The van der Waals surface area contributed by atoms with E-state index in [1.54, 1.807) is 26.5 Å². The van der Waals surface area contributed by atoms with Gasteiger partial charge in [0.25, 0.3) is 0 Å². The monoisotopic (exact) mass is 275 g/mol. The summed E-state index contributed by atoms with van der Waals surface area (Å²) in [5, 5.41) is 3.18. The number of nitrogens with one attached hydrogen (secondary N) is 1. The molecule has 106 valence electrons. The molecule has 0 unspecified atom stereocenters. The first-order chi connectivity index (χ1) is 9.71. The molecule has 0 atom stereocenters. The third-order valence-corrected chi connectivity index (χ3v) is 2.55. The number of aromatic nitrogens is 3. The van der Waals surface area contributed by atoms with Crippen molar-refractivity contribution < 1.29 is 9.47 Å². The van der Waals surface area contributed by atoms with Gasteiger partial charge in [0.05, 0.1) is 7.11 Å². The first-order valence-corrected chi connectivity index (χ1v) is 6.06. The van der Waals surface area contributed by atoms with Gasteiger partial charge >= 0.3 is 0 Å². The molecular formula is C13H17N5O2. The lowest BCUT2D eigenvalue weighted by molar-refractivity contribution is 0.178. The van der Waals surface area contributed by atoms with Crippen LogP contribution in [0.5, 0.6) is 5.88 Å². The molecule has 3 N–H and O–H groups in total. The third kappa shape index (κ3) is 3.79. The van der Waals surface area contributed by atoms with Crippen molar-refractivity contribution >= 4 is 11.6 Å². The molecule has 0 amide bonds. The zero-order valence-electron chi connectivity index (χ0n) is 11.5. The summed E-state index contributed by atoms with van der Waals surface area (Å²) in [6.45, 7) is 0.907. The zero-order valence-corrected chi connectivity index (χ0v) is 11.5. The predicted octanol–water partition coefficient (Wildman–Crippen LogP) is 1.22. The molecule has 2 heterocycles. The minimum atomic E-state index is 0.322. The van der Waals surface area contributed by atoms with Gasteiger partial charge in [0, 0.05) is 32.0 Å². The topological polar surface area (TPSA) is 95.2 Å². The lowest BCUT2D eigenvalue weighted by Crippen LogP contribution is -2.07. The summed E-state index contributed by atoms with van der Waals surface area (Å²) in [7, 11) is 3.17. The Bertz CT molecular complexity index is 576. The van der Waals surface area contributed by atoms with Crippen LogP contribution in [0.15, 0.2) is 24.4 Å². The maximum atomic E-state index is 5.73. The smallest absolute Gasteiger partial charge is 0.213 e. The van der Waals surface area contributed by atoms with Gasteiger partial charge in [-0.25, -0.2) is 15.0 Å². The minimum absolute atomic E-state index is 0.322. The van der Waals surface area contributed by atoms with Crippen molar-refractivity contribution in [2.24, 2.45) is 0 Å². The highest BCUT2D eigenvalue weighted by Gasteiger charge is 2.03. The molecule has 2 rings (SSSR count). The summed E-state index contributed by atoms with van der Waals surface area (Å²) in [4.78, 5) is 12.4. The molecule has 0 radical (unpaired) electrons. The number of ether oxygens (including phenoxy) is 2. The SMILES string of the molecule is COCc1nc(N)cc(NCc2ccnc(OC)c2)n1. The van der Waals surface area contributed by atoms with Gasteiger partial charge in [0.15, 0.2) is 5.82 Å². The van der Waals surface area contributed by atoms with Gasteiger partial charge in [0.1, 0.15) is 18.2 Å². The number of nitrogen functional groups attached to an aromatic ring is 1. The van der Waals surface area contributed by atoms with Crippen molar-refractivity contribution in [1.82, 2.24) is 15.0 Å². The fourth-order valence-electron chi connectivity index (χ4n) is 1.67. The van der Waals surface area contributed by atoms with Gasteiger partial charge in [-0.1, -0.05) is 0 Å². The first-order valence-electron chi connectivity index (χ1n) is 6.06. The molecule has 7 nitrogen and oxygen atoms in total. The third-order valence-electron chi connectivity index (χ3n) is 2.55. The number of pyridine rings is 1. The molecule has 7 heteroatoms. The van der Waals surface area contributed by atoms with E-state index in [2.05, 4.69) is 20.3 Å². The van der Waals surface area contributed by atoms with Crippen molar-refractivity contribution in [1.29, 1.82) is 0 Å². The molecule has 0 saturated heterocycles. The predicted molar refractivity (Wildman–Crippen MR) is 75.3 cm³/mol. The highest BCUT2D eigenvalue weighted by molar-refractivity contribution is 5.45. The second-order valence-corrected chi connectivity index (χ2v) is 4.09. The number of rotatable bonds is 6. The van der Waals surface area contributed by atoms with Gasteiger partial charge in [-0.05, 0) is 11.6 Å². The molecular weight excluding hydrogens is 258 g/mol. The Labute approximate surface area is 117 Å². The molecule has 0 aromatic carbocycles. The van der Waals surface area contributed by atoms with E-state index in [1.165, 1.54) is 0 Å². The lowest BCUT2D eigenvalue weighted by Gasteiger charge is -2.08. The molecule has 0 aliphatic carbocycles. The van der Waals surface area contributed by atoms with E-state index < -0.39 is 0 Å². The summed E-state index contributed by atoms with van der Waals surface area (Å²) < 4.78 is 10.1. The van der Waals surface area contributed by atoms with E-state index in [4.69, 9.17) is 15.2 Å². The largest absolute Gasteiger partial charge is 0.481 e. The van der Waals surface area contributed by atoms with Crippen LogP contribution >= 0.6 is 0 Å². The van der Waals surface area contributed by atoms with Gasteiger partial charge in [-0.15, -0.1) is 0 Å². The second kappa shape index (κ2) is 6.67. The van der Waals surface area contributed by atoms with Gasteiger partial charge in [-0.2, -0.15) is 0 Å². The van der Waals surface area contributed by atoms with Crippen LogP contribution in [0.1, 0.15) is 11.4 Å². The van der Waals surface area contributed by atoms with Crippen LogP contribution in [0.25, 0.3) is 0 Å². The standard InChI is InChI=1S/C13H17N5O2/c1-19-8-12-17-10(14)6-11(18-12)16-7-9-3-4-15-13(5-9)20-2/h3-6H,7-8H2,1-2H3,(H3,14,16,17,18). The molecule has 0 aliphatic heterocycles. The van der Waals surface area contributed by atoms with Crippen LogP contribution in [0.4, 0.5) is 11.6 Å². The number of nitrogens with zero attached hydrogens (tertiary/aromatic N) is 3. The molecule has 0 aliphatic rings. The van der Waals surface area contributed by atoms with Gasteiger partial charge < -0.3 is 20.5 Å². The average molecular weight is 275 g/mol. The van der Waals surface area contributed by atoms with E-state index in [9.17, 15) is 0 Å². The van der Waals surface area contributed by atoms with E-state index >= 15 is 0 Å². The molecule has 0 saturated carbocycles. The molecule has 0 spiro atoms. The van der Waals surface area contributed by atoms with E-state index in [0.29, 0.717) is 36.5 Å². The van der Waals surface area contributed by atoms with E-state index in [-0.39, 0.29) is 0 Å². The Morgan fingerprint density at radius 1 is 1.25 bits per heavy atom. The number of methoxy groups -OCH3 is 2. The fourth-order valence-corrected chi connectivity index (χ4v) is 1.67. The van der Waals surface area contributed by atoms with Crippen molar-refractivity contribution in [2.45, 2.75) is 13.2 Å². The number of nitrogens with two attached hydrogens (primary N) is 1. The number of hydrogen-bond acceptors (Lipinski definition) is 7. The summed E-state index contributed by atoms with van der Waals surface area (Å²) in [5.41, 5.74) is 6.76. The van der Waals surface area contributed by atoms with Crippen molar-refractivity contribution in [2.75, 3.05) is 25.3 Å². The maximum Gasteiger partial charge on any atom is 0.213 e. The highest BCUT2D eigenvalue weighted by Crippen LogP contribution is 2.13. The van der Waals surface area contributed by atoms with Crippen molar-refractivity contribution in [3.05, 3.63) is 35.8 Å². The van der Waals surface area contributed by atoms with Crippen LogP contribution < -0.4 is 15.8 Å². The number of hydrogen-bond donors (Lipinski definition) is 2. The van der Waals surface area contributed by atoms with Crippen molar-refractivity contribution in [3.63, 3.8) is 0 Å². The molecule has 0 bridgehead atoms. The second-order valence-electron chi connectivity index (χ2n) is 4.09. The summed E-state index contributed by atoms with van der Waals surface area (Å²) in [5.74, 6) is 2.18. The Morgan fingerprint density at radius 2 is 2.10 bits per heavy atom. The summed E-state index contributed by atoms with van der Waals surface area (Å²) in [6, 6.07) is 5.43. The molecule has 0 fully saturated rings. The van der Waals surface area contributed by atoms with Gasteiger partial charge in [0.2, 0.25) is 5.88 Å². The average Bonchev–Trinajstić information content (AvgIpc) is 2.45. The minimum Gasteiger partial charge on any atom is -0.481 e.